The third-order valence-electron chi connectivity index (χ3n) is 4.48. The van der Waals surface area contributed by atoms with Crippen LogP contribution < -0.4 is 27.2 Å². The van der Waals surface area contributed by atoms with Crippen LogP contribution in [-0.4, -0.2) is 22.6 Å². The second-order valence-corrected chi connectivity index (χ2v) is 6.65. The summed E-state index contributed by atoms with van der Waals surface area (Å²) < 4.78 is 52.7. The summed E-state index contributed by atoms with van der Waals surface area (Å²) in [7, 11) is 0. The molecule has 0 fully saturated rings. The Labute approximate surface area is 182 Å². The van der Waals surface area contributed by atoms with Crippen LogP contribution in [0.5, 0.6) is 0 Å². The van der Waals surface area contributed by atoms with Gasteiger partial charge in [-0.15, -0.1) is 0 Å². The van der Waals surface area contributed by atoms with E-state index in [1.165, 1.54) is 24.3 Å². The Hall–Kier alpha value is -4.55. The molecule has 172 valence electrons. The first-order valence-electron chi connectivity index (χ1n) is 8.95. The van der Waals surface area contributed by atoms with Crippen molar-refractivity contribution in [1.82, 2.24) is 4.57 Å². The zero-order valence-corrected chi connectivity index (χ0v) is 16.4. The molecule has 6 N–H and O–H groups in total. The van der Waals surface area contributed by atoms with Crippen molar-refractivity contribution in [2.75, 3.05) is 16.4 Å². The number of benzene rings is 2. The van der Waals surface area contributed by atoms with Gasteiger partial charge in [-0.25, -0.2) is 9.18 Å². The maximum absolute atomic E-state index is 13.8. The highest BCUT2D eigenvalue weighted by atomic mass is 19.4. The fraction of sp³-hybridized carbons (Fsp3) is 0.0500. The topological polar surface area (TPSA) is 155 Å². The van der Waals surface area contributed by atoms with Gasteiger partial charge in [-0.1, -0.05) is 12.1 Å². The average Bonchev–Trinajstić information content (AvgIpc) is 3.07. The van der Waals surface area contributed by atoms with Gasteiger partial charge in [0.1, 0.15) is 17.7 Å². The predicted molar refractivity (Wildman–Crippen MR) is 108 cm³/mol. The van der Waals surface area contributed by atoms with Gasteiger partial charge in [-0.2, -0.15) is 13.2 Å². The molecule has 2 aromatic carbocycles. The number of nitrogen functional groups attached to an aromatic ring is 1. The van der Waals surface area contributed by atoms with Gasteiger partial charge in [-0.05, 0) is 35.9 Å². The Kier molecular flexibility index (Phi) is 5.98. The van der Waals surface area contributed by atoms with Gasteiger partial charge < -0.3 is 32.0 Å². The van der Waals surface area contributed by atoms with E-state index in [0.717, 1.165) is 6.20 Å². The number of hydrogen-bond acceptors (Lipinski definition) is 5. The van der Waals surface area contributed by atoms with Crippen molar-refractivity contribution < 1.29 is 37.1 Å². The molecule has 3 amide bonds. The van der Waals surface area contributed by atoms with Crippen LogP contribution >= 0.6 is 0 Å². The van der Waals surface area contributed by atoms with Crippen molar-refractivity contribution >= 4 is 35.2 Å². The van der Waals surface area contributed by atoms with Crippen molar-refractivity contribution in [3.05, 3.63) is 65.6 Å². The highest BCUT2D eigenvalue weighted by Gasteiger charge is 2.31. The second-order valence-electron chi connectivity index (χ2n) is 6.65. The molecule has 0 unspecified atom stereocenters. The zero-order chi connectivity index (χ0) is 24.5. The van der Waals surface area contributed by atoms with Crippen LogP contribution in [0.25, 0.3) is 11.1 Å². The van der Waals surface area contributed by atoms with E-state index < -0.39 is 47.1 Å². The molecule has 3 rings (SSSR count). The van der Waals surface area contributed by atoms with E-state index in [4.69, 9.17) is 11.5 Å². The maximum atomic E-state index is 13.8. The number of alkyl halides is 3. The maximum Gasteiger partial charge on any atom is 0.416 e. The third-order valence-corrected chi connectivity index (χ3v) is 4.48. The fourth-order valence-electron chi connectivity index (χ4n) is 2.97. The number of nitrogens with one attached hydrogen (secondary N) is 2. The molecule has 0 aliphatic rings. The number of carbonyl (C=O) groups excluding carboxylic acids is 3. The van der Waals surface area contributed by atoms with Crippen LogP contribution in [0.15, 0.2) is 48.7 Å². The first-order chi connectivity index (χ1) is 15.4. The minimum absolute atomic E-state index is 0.0891. The zero-order valence-electron chi connectivity index (χ0n) is 16.4. The minimum atomic E-state index is -4.72. The number of amides is 3. The Morgan fingerprint density at radius 1 is 1.00 bits per heavy atom. The molecule has 0 radical (unpaired) electrons. The van der Waals surface area contributed by atoms with E-state index in [1.807, 2.05) is 5.32 Å². The highest BCUT2D eigenvalue weighted by Crippen LogP contribution is 2.32. The molecule has 0 saturated carbocycles. The molecule has 0 aliphatic carbocycles. The van der Waals surface area contributed by atoms with Crippen molar-refractivity contribution in [1.29, 1.82) is 0 Å². The number of nitrogens with zero attached hydrogens (tertiary/aromatic N) is 1. The number of halogens is 4. The Morgan fingerprint density at radius 2 is 1.64 bits per heavy atom. The molecule has 0 atom stereocenters. The summed E-state index contributed by atoms with van der Waals surface area (Å²) in [4.78, 5) is 34.9. The number of rotatable bonds is 4. The van der Waals surface area contributed by atoms with Crippen LogP contribution in [0.3, 0.4) is 0 Å². The average molecular weight is 464 g/mol. The summed E-state index contributed by atoms with van der Waals surface area (Å²) in [6.45, 7) is 0. The normalized spacial score (nSPS) is 11.2. The Morgan fingerprint density at radius 3 is 2.18 bits per heavy atom. The van der Waals surface area contributed by atoms with Gasteiger partial charge in [-0.3, -0.25) is 9.36 Å². The van der Waals surface area contributed by atoms with Gasteiger partial charge in [0.15, 0.2) is 0 Å². The molecule has 3 aromatic rings. The van der Waals surface area contributed by atoms with Gasteiger partial charge in [0.2, 0.25) is 0 Å². The van der Waals surface area contributed by atoms with E-state index in [0.29, 0.717) is 28.3 Å². The van der Waals surface area contributed by atoms with Gasteiger partial charge in [0.25, 0.3) is 5.91 Å². The van der Waals surface area contributed by atoms with E-state index >= 15 is 0 Å². The second kappa shape index (κ2) is 8.53. The Balaban J connectivity index is 1.80. The molecule has 0 bridgehead atoms. The first kappa shape index (κ1) is 23.1. The summed E-state index contributed by atoms with van der Waals surface area (Å²) in [6, 6.07) is 6.01. The third kappa shape index (κ3) is 4.87. The number of carbonyl (C=O) groups is 3. The smallest absolute Gasteiger partial charge is 0.416 e. The molecule has 9 nitrogen and oxygen atoms in total. The number of anilines is 3. The predicted octanol–water partition coefficient (Wildman–Crippen LogP) is 2.83. The SMILES string of the molecule is NC(=O)c1c(-c2ccc(NC(=O)Nc3cc(C(F)(F)F)ccc3F)cc2)cn(C(=O)[O-])c1N. The van der Waals surface area contributed by atoms with Crippen molar-refractivity contribution in [2.24, 2.45) is 5.73 Å². The summed E-state index contributed by atoms with van der Waals surface area (Å²) in [5.41, 5.74) is 9.39. The lowest BCUT2D eigenvalue weighted by atomic mass is 10.0. The monoisotopic (exact) mass is 464 g/mol. The lowest BCUT2D eigenvalue weighted by molar-refractivity contribution is -0.250. The number of aromatic nitrogens is 1. The van der Waals surface area contributed by atoms with Crippen LogP contribution in [0.1, 0.15) is 15.9 Å². The largest absolute Gasteiger partial charge is 0.529 e. The number of urea groups is 1. The quantitative estimate of drug-likeness (QED) is 0.437. The summed E-state index contributed by atoms with van der Waals surface area (Å²) in [5.74, 6) is -2.48. The molecule has 0 aliphatic heterocycles. The van der Waals surface area contributed by atoms with Crippen molar-refractivity contribution in [3.8, 4) is 11.1 Å². The lowest BCUT2D eigenvalue weighted by Crippen LogP contribution is -2.29. The molecule has 1 heterocycles. The molecule has 33 heavy (non-hydrogen) atoms. The number of carboxylic acid groups (broad SMARTS) is 1. The number of hydrogen-bond donors (Lipinski definition) is 4. The molecular weight excluding hydrogens is 450 g/mol. The van der Waals surface area contributed by atoms with Crippen molar-refractivity contribution in [3.63, 3.8) is 0 Å². The van der Waals surface area contributed by atoms with Crippen LogP contribution in [0, 0.1) is 5.82 Å². The summed E-state index contributed by atoms with van der Waals surface area (Å²) in [6.07, 6.45) is -5.37. The van der Waals surface area contributed by atoms with E-state index in [2.05, 4.69) is 5.32 Å². The van der Waals surface area contributed by atoms with Crippen molar-refractivity contribution in [2.45, 2.75) is 6.18 Å². The first-order valence-corrected chi connectivity index (χ1v) is 8.95. The Bertz CT molecular complexity index is 1250. The van der Waals surface area contributed by atoms with E-state index in [9.17, 15) is 37.1 Å². The van der Waals surface area contributed by atoms with Crippen LogP contribution in [-0.2, 0) is 6.18 Å². The fourth-order valence-corrected chi connectivity index (χ4v) is 2.97. The summed E-state index contributed by atoms with van der Waals surface area (Å²) >= 11 is 0. The van der Waals surface area contributed by atoms with Gasteiger partial charge in [0, 0.05) is 17.4 Å². The standard InChI is InChI=1S/C20H15F4N5O4/c21-13-6-3-10(20(22,23)24)7-14(13)28-18(31)27-11-4-1-9(2-5-11)12-8-29(19(32)33)16(25)15(12)17(26)30/h1-8H,25H2,(H2,26,30)(H,32,33)(H2,27,28,31)/p-1. The minimum Gasteiger partial charge on any atom is -0.529 e. The van der Waals surface area contributed by atoms with Gasteiger partial charge in [0.05, 0.1) is 16.8 Å². The molecule has 13 heteroatoms. The highest BCUT2D eigenvalue weighted by molar-refractivity contribution is 6.06. The molecule has 0 saturated heterocycles. The number of primary amides is 1. The van der Waals surface area contributed by atoms with E-state index in [-0.39, 0.29) is 16.8 Å². The van der Waals surface area contributed by atoms with Gasteiger partial charge >= 0.3 is 12.2 Å². The number of nitrogens with two attached hydrogens (primary N) is 2. The molecule has 1 aromatic heterocycles. The lowest BCUT2D eigenvalue weighted by Gasteiger charge is -2.12. The van der Waals surface area contributed by atoms with Crippen LogP contribution in [0.4, 0.5) is 44.3 Å². The molecule has 0 spiro atoms. The van der Waals surface area contributed by atoms with E-state index in [1.54, 1.807) is 0 Å². The van der Waals surface area contributed by atoms with Crippen LogP contribution in [0.2, 0.25) is 0 Å². The molecular formula is C20H14F4N5O4-. The summed E-state index contributed by atoms with van der Waals surface area (Å²) in [5, 5.41) is 15.4.